The zero-order chi connectivity index (χ0) is 30.3. The number of ether oxygens (including phenoxy) is 1. The number of rotatable bonds is 10. The van der Waals surface area contributed by atoms with Gasteiger partial charge in [0.15, 0.2) is 5.75 Å². The molecular weight excluding hydrogens is 635 g/mol. The van der Waals surface area contributed by atoms with Crippen LogP contribution in [0.2, 0.25) is 0 Å². The van der Waals surface area contributed by atoms with Gasteiger partial charge in [0, 0.05) is 35.7 Å². The molecule has 4 rings (SSSR count). The number of piperidine rings is 1. The third-order valence-corrected chi connectivity index (χ3v) is 8.45. The van der Waals surface area contributed by atoms with Gasteiger partial charge in [-0.05, 0) is 79.4 Å². The van der Waals surface area contributed by atoms with Crippen molar-refractivity contribution in [1.82, 2.24) is 15.5 Å². The molecule has 0 unspecified atom stereocenters. The number of anilines is 1. The van der Waals surface area contributed by atoms with E-state index in [1.807, 2.05) is 0 Å². The van der Waals surface area contributed by atoms with Gasteiger partial charge in [-0.2, -0.15) is 0 Å². The molecule has 42 heavy (non-hydrogen) atoms. The number of hydrogen-bond acceptors (Lipinski definition) is 6. The van der Waals surface area contributed by atoms with Crippen LogP contribution in [0.4, 0.5) is 14.9 Å². The topological polar surface area (TPSA) is 154 Å². The summed E-state index contributed by atoms with van der Waals surface area (Å²) in [5, 5.41) is 14.2. The highest BCUT2D eigenvalue weighted by molar-refractivity contribution is 9.10. The first kappa shape index (κ1) is 30.8. The Morgan fingerprint density at radius 1 is 0.976 bits per heavy atom. The van der Waals surface area contributed by atoms with Crippen LogP contribution >= 0.6 is 15.9 Å². The number of carbonyl (C=O) groups is 3. The summed E-state index contributed by atoms with van der Waals surface area (Å²) < 4.78 is 48.9. The van der Waals surface area contributed by atoms with Crippen molar-refractivity contribution in [1.29, 1.82) is 0 Å². The first-order valence-electron chi connectivity index (χ1n) is 12.9. The summed E-state index contributed by atoms with van der Waals surface area (Å²) in [5.74, 6) is -0.997. The Morgan fingerprint density at radius 2 is 1.64 bits per heavy atom. The molecule has 0 spiro atoms. The fraction of sp³-hybridized carbons (Fsp3) is 0.250. The van der Waals surface area contributed by atoms with E-state index in [2.05, 4.69) is 31.3 Å². The lowest BCUT2D eigenvalue weighted by atomic mass is 9.97. The molecule has 1 heterocycles. The minimum absolute atomic E-state index is 0.0855. The van der Waals surface area contributed by atoms with Crippen molar-refractivity contribution in [2.24, 2.45) is 5.92 Å². The van der Waals surface area contributed by atoms with Gasteiger partial charge in [-0.1, -0.05) is 15.9 Å². The van der Waals surface area contributed by atoms with Crippen molar-refractivity contribution in [3.8, 4) is 11.5 Å². The maximum Gasteiger partial charge on any atom is 0.407 e. The van der Waals surface area contributed by atoms with Gasteiger partial charge in [0.25, 0.3) is 15.9 Å². The minimum atomic E-state index is -4.18. The first-order chi connectivity index (χ1) is 20.0. The number of nitrogens with one attached hydrogen (secondary N) is 3. The molecule has 3 aromatic carbocycles. The molecule has 1 fully saturated rings. The number of amides is 3. The van der Waals surface area contributed by atoms with Crippen LogP contribution in [0.1, 0.15) is 23.2 Å². The molecule has 11 nitrogen and oxygen atoms in total. The number of carbonyl (C=O) groups excluding carboxylic acids is 2. The number of likely N-dealkylation sites (tertiary alicyclic amines) is 1. The van der Waals surface area contributed by atoms with E-state index in [-0.39, 0.29) is 34.4 Å². The van der Waals surface area contributed by atoms with Crippen LogP contribution in [0.25, 0.3) is 0 Å². The predicted octanol–water partition coefficient (Wildman–Crippen LogP) is 4.42. The maximum absolute atomic E-state index is 14.0. The number of carboxylic acid groups (broad SMARTS) is 1. The summed E-state index contributed by atoms with van der Waals surface area (Å²) in [6, 6.07) is 15.3. The lowest BCUT2D eigenvalue weighted by molar-refractivity contribution is -0.120. The van der Waals surface area contributed by atoms with Crippen molar-refractivity contribution in [3.05, 3.63) is 82.6 Å². The summed E-state index contributed by atoms with van der Waals surface area (Å²) in [6.07, 6.45) is 0.328. The fourth-order valence-corrected chi connectivity index (χ4v) is 5.53. The molecule has 4 N–H and O–H groups in total. The van der Waals surface area contributed by atoms with E-state index in [1.165, 1.54) is 35.2 Å². The average Bonchev–Trinajstić information content (AvgIpc) is 2.97. The zero-order valence-electron chi connectivity index (χ0n) is 22.2. The molecule has 0 aliphatic carbocycles. The summed E-state index contributed by atoms with van der Waals surface area (Å²) in [7, 11) is -4.18. The fourth-order valence-electron chi connectivity index (χ4n) is 4.20. The standard InChI is InChI=1S/C28H28BrFN4O7S/c29-20-3-6-22(7-4-20)41-25-10-5-21(30)15-24(25)33-42(39,40)23-8-1-19(2-9-23)27(36)32-17-26(35)31-16-18-11-13-34(14-12-18)28(37)38/h1-10,15,18,33H,11-14,16-17H2,(H,31,35)(H,32,36)(H,37,38). The van der Waals surface area contributed by atoms with E-state index in [9.17, 15) is 27.2 Å². The van der Waals surface area contributed by atoms with Crippen LogP contribution < -0.4 is 20.1 Å². The molecule has 1 aliphatic heterocycles. The highest BCUT2D eigenvalue weighted by atomic mass is 79.9. The van der Waals surface area contributed by atoms with Crippen molar-refractivity contribution >= 4 is 49.5 Å². The SMILES string of the molecule is O=C(CNC(=O)c1ccc(S(=O)(=O)Nc2cc(F)ccc2Oc2ccc(Br)cc2)cc1)NCC1CCN(C(=O)O)CC1. The second-order valence-corrected chi connectivity index (χ2v) is 12.1. The lowest BCUT2D eigenvalue weighted by Gasteiger charge is -2.29. The number of sulfonamides is 1. The number of benzene rings is 3. The van der Waals surface area contributed by atoms with Gasteiger partial charge >= 0.3 is 6.09 Å². The summed E-state index contributed by atoms with van der Waals surface area (Å²) >= 11 is 3.32. The molecule has 0 atom stereocenters. The Bertz CT molecular complexity index is 1550. The molecule has 14 heteroatoms. The zero-order valence-corrected chi connectivity index (χ0v) is 24.6. The van der Waals surface area contributed by atoms with E-state index in [4.69, 9.17) is 9.84 Å². The Kier molecular flexibility index (Phi) is 10.0. The van der Waals surface area contributed by atoms with Gasteiger partial charge in [-0.3, -0.25) is 14.3 Å². The summed E-state index contributed by atoms with van der Waals surface area (Å²) in [5.41, 5.74) is 0.0194. The number of halogens is 2. The van der Waals surface area contributed by atoms with Crippen molar-refractivity contribution in [3.63, 3.8) is 0 Å². The van der Waals surface area contributed by atoms with Crippen LogP contribution in [0.3, 0.4) is 0 Å². The van der Waals surface area contributed by atoms with Gasteiger partial charge < -0.3 is 25.4 Å². The van der Waals surface area contributed by atoms with E-state index in [0.29, 0.717) is 38.2 Å². The van der Waals surface area contributed by atoms with Crippen LogP contribution in [-0.2, 0) is 14.8 Å². The van der Waals surface area contributed by atoms with Crippen LogP contribution in [-0.4, -0.2) is 62.5 Å². The summed E-state index contributed by atoms with van der Waals surface area (Å²) in [6.45, 7) is 0.923. The highest BCUT2D eigenvalue weighted by Gasteiger charge is 2.23. The first-order valence-corrected chi connectivity index (χ1v) is 15.2. The van der Waals surface area contributed by atoms with Gasteiger partial charge in [0.05, 0.1) is 17.1 Å². The monoisotopic (exact) mass is 662 g/mol. The van der Waals surface area contributed by atoms with Crippen molar-refractivity contribution in [2.75, 3.05) is 30.9 Å². The van der Waals surface area contributed by atoms with Crippen molar-refractivity contribution < 1.29 is 37.0 Å². The lowest BCUT2D eigenvalue weighted by Crippen LogP contribution is -2.43. The second-order valence-electron chi connectivity index (χ2n) is 9.53. The minimum Gasteiger partial charge on any atom is -0.465 e. The maximum atomic E-state index is 14.0. The normalized spacial score (nSPS) is 13.7. The molecule has 1 aliphatic rings. The molecule has 0 aromatic heterocycles. The largest absolute Gasteiger partial charge is 0.465 e. The van der Waals surface area contributed by atoms with Crippen LogP contribution in [0.5, 0.6) is 11.5 Å². The Labute approximate surface area is 250 Å². The quantitative estimate of drug-likeness (QED) is 0.251. The molecular formula is C28H28BrFN4O7S. The molecule has 3 amide bonds. The third kappa shape index (κ3) is 8.42. The average molecular weight is 664 g/mol. The molecule has 0 bridgehead atoms. The second kappa shape index (κ2) is 13.7. The molecule has 222 valence electrons. The van der Waals surface area contributed by atoms with Crippen LogP contribution in [0, 0.1) is 11.7 Å². The van der Waals surface area contributed by atoms with E-state index in [0.717, 1.165) is 16.6 Å². The Hall–Kier alpha value is -4.17. The van der Waals surface area contributed by atoms with Crippen LogP contribution in [0.15, 0.2) is 76.1 Å². The van der Waals surface area contributed by atoms with Gasteiger partial charge in [0.2, 0.25) is 5.91 Å². The number of nitrogens with zero attached hydrogens (tertiary/aromatic N) is 1. The van der Waals surface area contributed by atoms with Crippen molar-refractivity contribution in [2.45, 2.75) is 17.7 Å². The smallest absolute Gasteiger partial charge is 0.407 e. The Balaban J connectivity index is 1.31. The van der Waals surface area contributed by atoms with Gasteiger partial charge in [-0.25, -0.2) is 17.6 Å². The van der Waals surface area contributed by atoms with E-state index < -0.39 is 33.7 Å². The van der Waals surface area contributed by atoms with Gasteiger partial charge in [-0.15, -0.1) is 0 Å². The Morgan fingerprint density at radius 3 is 2.29 bits per heavy atom. The van der Waals surface area contributed by atoms with E-state index in [1.54, 1.807) is 24.3 Å². The predicted molar refractivity (Wildman–Crippen MR) is 156 cm³/mol. The molecule has 3 aromatic rings. The number of hydrogen-bond donors (Lipinski definition) is 4. The molecule has 1 saturated heterocycles. The van der Waals surface area contributed by atoms with Gasteiger partial charge in [0.1, 0.15) is 11.6 Å². The third-order valence-electron chi connectivity index (χ3n) is 6.54. The highest BCUT2D eigenvalue weighted by Crippen LogP contribution is 2.32. The molecule has 0 radical (unpaired) electrons. The van der Waals surface area contributed by atoms with E-state index >= 15 is 0 Å². The summed E-state index contributed by atoms with van der Waals surface area (Å²) in [4.78, 5) is 36.8. The molecule has 0 saturated carbocycles.